The molecule has 0 radical (unpaired) electrons. The van der Waals surface area contributed by atoms with Crippen molar-refractivity contribution in [2.45, 2.75) is 37.9 Å². The molecular weight excluding hydrogens is 348 g/mol. The Hall–Kier alpha value is -1.97. The van der Waals surface area contributed by atoms with E-state index < -0.39 is 5.92 Å². The lowest BCUT2D eigenvalue weighted by Gasteiger charge is -2.16. The van der Waals surface area contributed by atoms with Crippen LogP contribution in [0.5, 0.6) is 0 Å². The summed E-state index contributed by atoms with van der Waals surface area (Å²) in [7, 11) is 0. The van der Waals surface area contributed by atoms with Crippen LogP contribution >= 0.6 is 11.6 Å². The highest BCUT2D eigenvalue weighted by atomic mass is 35.5. The zero-order valence-electron chi connectivity index (χ0n) is 14.4. The topological polar surface area (TPSA) is 43.4 Å². The summed E-state index contributed by atoms with van der Waals surface area (Å²) in [5, 5.41) is 0.686. The number of ketones is 2. The molecule has 2 heterocycles. The lowest BCUT2D eigenvalue weighted by Crippen LogP contribution is -2.29. The van der Waals surface area contributed by atoms with Crippen LogP contribution in [0.25, 0.3) is 11.1 Å². The summed E-state index contributed by atoms with van der Waals surface area (Å²) < 4.78 is 5.84. The van der Waals surface area contributed by atoms with Crippen molar-refractivity contribution >= 4 is 23.2 Å². The van der Waals surface area contributed by atoms with Gasteiger partial charge in [-0.15, -0.1) is 0 Å². The summed E-state index contributed by atoms with van der Waals surface area (Å²) in [5.74, 6) is -0.981. The minimum absolute atomic E-state index is 0.0498. The number of carbonyl (C=O) groups excluding carboxylic acids is 2. The molecule has 132 valence electrons. The molecule has 2 aromatic carbocycles. The zero-order valence-corrected chi connectivity index (χ0v) is 15.2. The second kappa shape index (κ2) is 5.77. The van der Waals surface area contributed by atoms with Gasteiger partial charge in [-0.05, 0) is 60.2 Å². The number of hydrogen-bond donors (Lipinski definition) is 0. The molecule has 2 bridgehead atoms. The van der Waals surface area contributed by atoms with Crippen molar-refractivity contribution in [2.75, 3.05) is 0 Å². The van der Waals surface area contributed by atoms with Gasteiger partial charge in [0.15, 0.2) is 11.6 Å². The smallest absolute Gasteiger partial charge is 0.154 e. The van der Waals surface area contributed by atoms with E-state index >= 15 is 0 Å². The standard InChI is InChI=1S/C22H19ClO3/c1-11-2-3-13(12-4-6-14(23)7-5-12)10-15(11)18-21(24)19-16-8-9-17(26-16)20(19)22(18)25/h2-7,10,16-20H,8-9H2,1H3/t16-,17+,18?,19-,20+. The first-order valence-corrected chi connectivity index (χ1v) is 9.52. The van der Waals surface area contributed by atoms with Crippen LogP contribution in [0.3, 0.4) is 0 Å². The van der Waals surface area contributed by atoms with Gasteiger partial charge in [-0.1, -0.05) is 35.9 Å². The Morgan fingerprint density at radius 2 is 1.46 bits per heavy atom. The van der Waals surface area contributed by atoms with E-state index in [-0.39, 0.29) is 35.6 Å². The molecule has 4 heteroatoms. The third-order valence-electron chi connectivity index (χ3n) is 6.27. The van der Waals surface area contributed by atoms with Crippen molar-refractivity contribution in [1.82, 2.24) is 0 Å². The van der Waals surface area contributed by atoms with E-state index in [2.05, 4.69) is 0 Å². The number of benzene rings is 2. The summed E-state index contributed by atoms with van der Waals surface area (Å²) in [5.41, 5.74) is 3.86. The molecule has 5 atom stereocenters. The average molecular weight is 367 g/mol. The van der Waals surface area contributed by atoms with E-state index in [1.807, 2.05) is 49.4 Å². The van der Waals surface area contributed by atoms with E-state index in [0.717, 1.165) is 35.1 Å². The van der Waals surface area contributed by atoms with Gasteiger partial charge in [0.25, 0.3) is 0 Å². The SMILES string of the molecule is Cc1ccc(-c2ccc(Cl)cc2)cc1C1C(=O)[C@@H]2[C@H](C1=O)[C@H]1CC[C@@H]2O1. The second-order valence-electron chi connectivity index (χ2n) is 7.66. The Morgan fingerprint density at radius 3 is 2.08 bits per heavy atom. The maximum Gasteiger partial charge on any atom is 0.154 e. The van der Waals surface area contributed by atoms with E-state index in [1.165, 1.54) is 0 Å². The number of ether oxygens (including phenoxy) is 1. The lowest BCUT2D eigenvalue weighted by atomic mass is 9.81. The molecule has 0 spiro atoms. The van der Waals surface area contributed by atoms with Gasteiger partial charge < -0.3 is 4.74 Å². The summed E-state index contributed by atoms with van der Waals surface area (Å²) >= 11 is 5.98. The molecule has 26 heavy (non-hydrogen) atoms. The largest absolute Gasteiger partial charge is 0.373 e. The van der Waals surface area contributed by atoms with Gasteiger partial charge in [0.2, 0.25) is 0 Å². The summed E-state index contributed by atoms with van der Waals surface area (Å²) in [6, 6.07) is 13.6. The maximum atomic E-state index is 13.1. The monoisotopic (exact) mass is 366 g/mol. The Balaban J connectivity index is 1.56. The number of halogens is 1. The van der Waals surface area contributed by atoms with Gasteiger partial charge in [-0.3, -0.25) is 9.59 Å². The Morgan fingerprint density at radius 1 is 0.885 bits per heavy atom. The summed E-state index contributed by atoms with van der Waals surface area (Å²) in [4.78, 5) is 26.2. The minimum Gasteiger partial charge on any atom is -0.373 e. The van der Waals surface area contributed by atoms with Crippen LogP contribution in [0.15, 0.2) is 42.5 Å². The first kappa shape index (κ1) is 16.2. The number of rotatable bonds is 2. The van der Waals surface area contributed by atoms with Crippen LogP contribution in [-0.4, -0.2) is 23.8 Å². The van der Waals surface area contributed by atoms with E-state index in [1.54, 1.807) is 0 Å². The number of carbonyl (C=O) groups is 2. The molecule has 2 aromatic rings. The van der Waals surface area contributed by atoms with Crippen LogP contribution in [0, 0.1) is 18.8 Å². The molecule has 5 rings (SSSR count). The third-order valence-corrected chi connectivity index (χ3v) is 6.52. The van der Waals surface area contributed by atoms with Gasteiger partial charge in [0.05, 0.1) is 24.0 Å². The van der Waals surface area contributed by atoms with E-state index in [0.29, 0.717) is 5.02 Å². The fourth-order valence-electron chi connectivity index (χ4n) is 5.01. The molecule has 3 nitrogen and oxygen atoms in total. The summed E-state index contributed by atoms with van der Waals surface area (Å²) in [6.45, 7) is 1.97. The van der Waals surface area contributed by atoms with Crippen molar-refractivity contribution in [1.29, 1.82) is 0 Å². The van der Waals surface area contributed by atoms with E-state index in [9.17, 15) is 9.59 Å². The van der Waals surface area contributed by atoms with Crippen LogP contribution < -0.4 is 0 Å². The van der Waals surface area contributed by atoms with Crippen molar-refractivity contribution < 1.29 is 14.3 Å². The number of fused-ring (bicyclic) bond motifs is 5. The van der Waals surface area contributed by atoms with Crippen LogP contribution in [0.4, 0.5) is 0 Å². The fourth-order valence-corrected chi connectivity index (χ4v) is 5.13. The molecular formula is C22H19ClO3. The first-order chi connectivity index (χ1) is 12.5. The fraction of sp³-hybridized carbons (Fsp3) is 0.364. The van der Waals surface area contributed by atoms with Gasteiger partial charge in [-0.25, -0.2) is 0 Å². The molecule has 0 N–H and O–H groups in total. The van der Waals surface area contributed by atoms with Crippen molar-refractivity contribution in [3.63, 3.8) is 0 Å². The average Bonchev–Trinajstić information content (AvgIpc) is 3.31. The predicted molar refractivity (Wildman–Crippen MR) is 99.3 cm³/mol. The van der Waals surface area contributed by atoms with Gasteiger partial charge in [0, 0.05) is 5.02 Å². The first-order valence-electron chi connectivity index (χ1n) is 9.14. The highest BCUT2D eigenvalue weighted by Crippen LogP contribution is 2.52. The molecule has 0 aromatic heterocycles. The van der Waals surface area contributed by atoms with Crippen molar-refractivity contribution in [3.8, 4) is 11.1 Å². The minimum atomic E-state index is -0.635. The normalized spacial score (nSPS) is 32.3. The second-order valence-corrected chi connectivity index (χ2v) is 8.09. The number of hydrogen-bond acceptors (Lipinski definition) is 3. The summed E-state index contributed by atoms with van der Waals surface area (Å²) in [6.07, 6.45) is 1.71. The molecule has 3 fully saturated rings. The molecule has 1 unspecified atom stereocenters. The molecule has 1 saturated carbocycles. The van der Waals surface area contributed by atoms with Crippen LogP contribution in [-0.2, 0) is 14.3 Å². The molecule has 3 aliphatic rings. The quantitative estimate of drug-likeness (QED) is 0.742. The van der Waals surface area contributed by atoms with Gasteiger partial charge in [-0.2, -0.15) is 0 Å². The molecule has 0 amide bonds. The van der Waals surface area contributed by atoms with Gasteiger partial charge in [0.1, 0.15) is 5.92 Å². The van der Waals surface area contributed by atoms with Crippen molar-refractivity contribution in [2.24, 2.45) is 11.8 Å². The number of aryl methyl sites for hydroxylation is 1. The number of Topliss-reactive ketones (excluding diaryl/α,β-unsaturated/α-hetero) is 2. The third kappa shape index (κ3) is 2.23. The van der Waals surface area contributed by atoms with Crippen LogP contribution in [0.2, 0.25) is 5.02 Å². The molecule has 2 saturated heterocycles. The Kier molecular flexibility index (Phi) is 3.60. The lowest BCUT2D eigenvalue weighted by molar-refractivity contribution is -0.127. The predicted octanol–water partition coefficient (Wildman–Crippen LogP) is 4.34. The molecule has 2 aliphatic heterocycles. The molecule has 1 aliphatic carbocycles. The van der Waals surface area contributed by atoms with Gasteiger partial charge >= 0.3 is 0 Å². The maximum absolute atomic E-state index is 13.1. The zero-order chi connectivity index (χ0) is 18.0. The van der Waals surface area contributed by atoms with E-state index in [4.69, 9.17) is 16.3 Å². The van der Waals surface area contributed by atoms with Crippen molar-refractivity contribution in [3.05, 3.63) is 58.6 Å². The highest BCUT2D eigenvalue weighted by molar-refractivity contribution is 6.30. The Labute approximate surface area is 157 Å². The highest BCUT2D eigenvalue weighted by Gasteiger charge is 2.63. The van der Waals surface area contributed by atoms with Crippen LogP contribution in [0.1, 0.15) is 29.9 Å². The Bertz CT molecular complexity index is 889.